The molecule has 3 aromatic rings. The molecule has 1 fully saturated rings. The van der Waals surface area contributed by atoms with Gasteiger partial charge in [-0.3, -0.25) is 4.79 Å². The van der Waals surface area contributed by atoms with Crippen molar-refractivity contribution >= 4 is 22.4 Å². The van der Waals surface area contributed by atoms with Gasteiger partial charge in [-0.15, -0.1) is 11.3 Å². The molecule has 0 spiro atoms. The summed E-state index contributed by atoms with van der Waals surface area (Å²) in [6.45, 7) is 2.28. The maximum absolute atomic E-state index is 12.9. The molecule has 1 atom stereocenters. The third-order valence-corrected chi connectivity index (χ3v) is 5.65. The van der Waals surface area contributed by atoms with E-state index in [9.17, 15) is 4.79 Å². The van der Waals surface area contributed by atoms with Crippen LogP contribution in [0.15, 0.2) is 60.0 Å². The Morgan fingerprint density at radius 2 is 2.03 bits per heavy atom. The second kappa shape index (κ2) is 9.07. The van der Waals surface area contributed by atoms with Crippen LogP contribution in [0.3, 0.4) is 0 Å². The van der Waals surface area contributed by atoms with Gasteiger partial charge < -0.3 is 19.7 Å². The molecular weight excluding hydrogens is 386 g/mol. The normalized spacial score (nSPS) is 16.4. The molecule has 1 amide bonds. The Morgan fingerprint density at radius 3 is 2.79 bits per heavy atom. The molecule has 29 heavy (non-hydrogen) atoms. The topological polar surface area (TPSA) is 63.7 Å². The SMILES string of the molecule is COc1ccc(CNc2nc(C(=O)N3CCOC(c4ccccc4)C3)cs2)cc1. The van der Waals surface area contributed by atoms with Crippen LogP contribution in [-0.2, 0) is 11.3 Å². The van der Waals surface area contributed by atoms with Gasteiger partial charge in [-0.2, -0.15) is 0 Å². The minimum atomic E-state index is -0.0970. The van der Waals surface area contributed by atoms with Crippen molar-refractivity contribution in [3.63, 3.8) is 0 Å². The van der Waals surface area contributed by atoms with Crippen LogP contribution in [0.5, 0.6) is 5.75 Å². The minimum Gasteiger partial charge on any atom is -0.497 e. The molecule has 150 valence electrons. The largest absolute Gasteiger partial charge is 0.497 e. The zero-order valence-electron chi connectivity index (χ0n) is 16.2. The summed E-state index contributed by atoms with van der Waals surface area (Å²) >= 11 is 1.44. The maximum atomic E-state index is 12.9. The molecular formula is C22H23N3O3S. The Balaban J connectivity index is 1.36. The average Bonchev–Trinajstić information content (AvgIpc) is 3.27. The second-order valence-corrected chi connectivity index (χ2v) is 7.62. The van der Waals surface area contributed by atoms with Crippen molar-refractivity contribution in [3.8, 4) is 5.75 Å². The highest BCUT2D eigenvalue weighted by Gasteiger charge is 2.27. The number of benzene rings is 2. The Labute approximate surface area is 174 Å². The van der Waals surface area contributed by atoms with Crippen molar-refractivity contribution in [1.82, 2.24) is 9.88 Å². The van der Waals surface area contributed by atoms with Gasteiger partial charge in [0.05, 0.1) is 20.3 Å². The number of morpholine rings is 1. The molecule has 2 aromatic carbocycles. The summed E-state index contributed by atoms with van der Waals surface area (Å²) in [7, 11) is 1.65. The van der Waals surface area contributed by atoms with E-state index in [4.69, 9.17) is 9.47 Å². The van der Waals surface area contributed by atoms with Crippen LogP contribution in [0, 0.1) is 0 Å². The first kappa shape index (κ1) is 19.4. The number of rotatable bonds is 6. The molecule has 1 N–H and O–H groups in total. The van der Waals surface area contributed by atoms with Crippen molar-refractivity contribution in [2.45, 2.75) is 12.6 Å². The summed E-state index contributed by atoms with van der Waals surface area (Å²) in [5.41, 5.74) is 2.68. The summed E-state index contributed by atoms with van der Waals surface area (Å²) in [4.78, 5) is 19.2. The Bertz CT molecular complexity index is 943. The van der Waals surface area contributed by atoms with Gasteiger partial charge in [-0.05, 0) is 23.3 Å². The number of amides is 1. The zero-order chi connectivity index (χ0) is 20.1. The zero-order valence-corrected chi connectivity index (χ0v) is 17.0. The summed E-state index contributed by atoms with van der Waals surface area (Å²) in [5.74, 6) is 0.776. The molecule has 0 saturated carbocycles. The number of carbonyl (C=O) groups excluding carboxylic acids is 1. The smallest absolute Gasteiger partial charge is 0.273 e. The van der Waals surface area contributed by atoms with Crippen LogP contribution in [0.2, 0.25) is 0 Å². The van der Waals surface area contributed by atoms with E-state index in [-0.39, 0.29) is 12.0 Å². The van der Waals surface area contributed by atoms with Gasteiger partial charge in [0.25, 0.3) is 5.91 Å². The maximum Gasteiger partial charge on any atom is 0.273 e. The van der Waals surface area contributed by atoms with Crippen molar-refractivity contribution in [3.05, 3.63) is 76.8 Å². The van der Waals surface area contributed by atoms with Gasteiger partial charge in [0.15, 0.2) is 5.13 Å². The van der Waals surface area contributed by atoms with E-state index in [0.717, 1.165) is 22.0 Å². The summed E-state index contributed by atoms with van der Waals surface area (Å²) in [6.07, 6.45) is -0.0970. The highest BCUT2D eigenvalue weighted by molar-refractivity contribution is 7.13. The number of thiazole rings is 1. The summed E-state index contributed by atoms with van der Waals surface area (Å²) in [6, 6.07) is 17.9. The number of hydrogen-bond acceptors (Lipinski definition) is 6. The lowest BCUT2D eigenvalue weighted by atomic mass is 10.1. The Morgan fingerprint density at radius 1 is 1.24 bits per heavy atom. The number of methoxy groups -OCH3 is 1. The highest BCUT2D eigenvalue weighted by Crippen LogP contribution is 2.24. The van der Waals surface area contributed by atoms with Crippen molar-refractivity contribution in [2.24, 2.45) is 0 Å². The molecule has 1 saturated heterocycles. The first-order valence-electron chi connectivity index (χ1n) is 9.51. The Kier molecular flexibility index (Phi) is 6.07. The van der Waals surface area contributed by atoms with Gasteiger partial charge in [0.1, 0.15) is 17.5 Å². The minimum absolute atomic E-state index is 0.0528. The standard InChI is InChI=1S/C22H23N3O3S/c1-27-18-9-7-16(8-10-18)13-23-22-24-19(15-29-22)21(26)25-11-12-28-20(14-25)17-5-3-2-4-6-17/h2-10,15,20H,11-14H2,1H3,(H,23,24). The molecule has 1 unspecified atom stereocenters. The number of hydrogen-bond donors (Lipinski definition) is 1. The summed E-state index contributed by atoms with van der Waals surface area (Å²) < 4.78 is 11.0. The number of ether oxygens (including phenoxy) is 2. The first-order valence-corrected chi connectivity index (χ1v) is 10.4. The van der Waals surface area contributed by atoms with E-state index in [1.165, 1.54) is 11.3 Å². The molecule has 0 radical (unpaired) electrons. The van der Waals surface area contributed by atoms with E-state index in [2.05, 4.69) is 10.3 Å². The molecule has 1 aliphatic rings. The van der Waals surface area contributed by atoms with Crippen LogP contribution in [0.4, 0.5) is 5.13 Å². The lowest BCUT2D eigenvalue weighted by molar-refractivity contribution is -0.0229. The van der Waals surface area contributed by atoms with Crippen molar-refractivity contribution in [1.29, 1.82) is 0 Å². The molecule has 4 rings (SSSR count). The second-order valence-electron chi connectivity index (χ2n) is 6.76. The van der Waals surface area contributed by atoms with Gasteiger partial charge in [-0.25, -0.2) is 4.98 Å². The van der Waals surface area contributed by atoms with Crippen LogP contribution in [0.1, 0.15) is 27.7 Å². The monoisotopic (exact) mass is 409 g/mol. The lowest BCUT2D eigenvalue weighted by Crippen LogP contribution is -2.42. The number of nitrogens with one attached hydrogen (secondary N) is 1. The van der Waals surface area contributed by atoms with E-state index in [0.29, 0.717) is 31.9 Å². The fourth-order valence-corrected chi connectivity index (χ4v) is 3.92. The fraction of sp³-hybridized carbons (Fsp3) is 0.273. The van der Waals surface area contributed by atoms with Gasteiger partial charge >= 0.3 is 0 Å². The van der Waals surface area contributed by atoms with E-state index in [1.807, 2.05) is 64.9 Å². The quantitative estimate of drug-likeness (QED) is 0.667. The van der Waals surface area contributed by atoms with Crippen molar-refractivity contribution < 1.29 is 14.3 Å². The number of nitrogens with zero attached hydrogens (tertiary/aromatic N) is 2. The third kappa shape index (κ3) is 4.75. The molecule has 6 nitrogen and oxygen atoms in total. The molecule has 0 aliphatic carbocycles. The number of aromatic nitrogens is 1. The average molecular weight is 410 g/mol. The van der Waals surface area contributed by atoms with Crippen LogP contribution < -0.4 is 10.1 Å². The number of anilines is 1. The van der Waals surface area contributed by atoms with Gasteiger partial charge in [0.2, 0.25) is 0 Å². The van der Waals surface area contributed by atoms with Crippen LogP contribution in [-0.4, -0.2) is 42.6 Å². The van der Waals surface area contributed by atoms with Gasteiger partial charge in [0, 0.05) is 18.5 Å². The van der Waals surface area contributed by atoms with E-state index in [1.54, 1.807) is 7.11 Å². The molecule has 7 heteroatoms. The third-order valence-electron chi connectivity index (χ3n) is 4.85. The molecule has 2 heterocycles. The first-order chi connectivity index (χ1) is 14.2. The lowest BCUT2D eigenvalue weighted by Gasteiger charge is -2.32. The predicted molar refractivity (Wildman–Crippen MR) is 113 cm³/mol. The fourth-order valence-electron chi connectivity index (χ4n) is 3.24. The van der Waals surface area contributed by atoms with E-state index < -0.39 is 0 Å². The van der Waals surface area contributed by atoms with Crippen LogP contribution >= 0.6 is 11.3 Å². The molecule has 1 aliphatic heterocycles. The van der Waals surface area contributed by atoms with Crippen molar-refractivity contribution in [2.75, 3.05) is 32.1 Å². The Hall–Kier alpha value is -2.90. The molecule has 1 aromatic heterocycles. The highest BCUT2D eigenvalue weighted by atomic mass is 32.1. The van der Waals surface area contributed by atoms with E-state index >= 15 is 0 Å². The van der Waals surface area contributed by atoms with Gasteiger partial charge in [-0.1, -0.05) is 42.5 Å². The molecule has 0 bridgehead atoms. The summed E-state index contributed by atoms with van der Waals surface area (Å²) in [5, 5.41) is 5.83. The number of carbonyl (C=O) groups is 1. The predicted octanol–water partition coefficient (Wildman–Crippen LogP) is 3.98. The van der Waals surface area contributed by atoms with Crippen LogP contribution in [0.25, 0.3) is 0 Å².